The van der Waals surface area contributed by atoms with Crippen molar-refractivity contribution in [3.63, 3.8) is 0 Å². The molecule has 11 heteroatoms. The first-order valence-electron chi connectivity index (χ1n) is 8.52. The van der Waals surface area contributed by atoms with Crippen LogP contribution in [-0.2, 0) is 11.0 Å². The van der Waals surface area contributed by atoms with Crippen molar-refractivity contribution in [3.05, 3.63) is 65.2 Å². The second-order valence-corrected chi connectivity index (χ2v) is 8.31. The lowest BCUT2D eigenvalue weighted by atomic mass is 10.1. The first kappa shape index (κ1) is 21.8. The molecule has 2 aromatic carbocycles. The summed E-state index contributed by atoms with van der Waals surface area (Å²) in [6, 6.07) is 11.5. The van der Waals surface area contributed by atoms with E-state index in [1.165, 1.54) is 6.07 Å². The number of alkyl halides is 3. The van der Waals surface area contributed by atoms with E-state index >= 15 is 0 Å². The molecular weight excluding hydrogens is 437 g/mol. The Balaban J connectivity index is 1.55. The van der Waals surface area contributed by atoms with Gasteiger partial charge in [0, 0.05) is 11.3 Å². The summed E-state index contributed by atoms with van der Waals surface area (Å²) in [5.41, 5.74) is 0.646. The van der Waals surface area contributed by atoms with Gasteiger partial charge in [0.15, 0.2) is 4.34 Å². The van der Waals surface area contributed by atoms with Crippen LogP contribution in [0.15, 0.2) is 52.9 Å². The van der Waals surface area contributed by atoms with E-state index in [1.54, 1.807) is 6.07 Å². The Kier molecular flexibility index (Phi) is 6.73. The van der Waals surface area contributed by atoms with Crippen LogP contribution in [-0.4, -0.2) is 27.8 Å². The highest BCUT2D eigenvalue weighted by atomic mass is 32.2. The van der Waals surface area contributed by atoms with Crippen molar-refractivity contribution in [1.29, 1.82) is 0 Å². The highest BCUT2D eigenvalue weighted by Gasteiger charge is 2.31. The molecule has 0 saturated heterocycles. The molecule has 0 saturated carbocycles. The Morgan fingerprint density at radius 3 is 2.57 bits per heavy atom. The van der Waals surface area contributed by atoms with E-state index in [0.717, 1.165) is 46.9 Å². The zero-order chi connectivity index (χ0) is 21.7. The average Bonchev–Trinajstić information content (AvgIpc) is 3.13. The summed E-state index contributed by atoms with van der Waals surface area (Å²) in [4.78, 5) is 24.2. The molecule has 0 aliphatic heterocycles. The van der Waals surface area contributed by atoms with E-state index in [2.05, 4.69) is 20.8 Å². The van der Waals surface area contributed by atoms with Crippen molar-refractivity contribution in [2.75, 3.05) is 16.4 Å². The van der Waals surface area contributed by atoms with Crippen molar-refractivity contribution >= 4 is 45.7 Å². The fraction of sp³-hybridized carbons (Fsp3) is 0.158. The van der Waals surface area contributed by atoms with Gasteiger partial charge >= 0.3 is 6.18 Å². The van der Waals surface area contributed by atoms with Crippen molar-refractivity contribution in [2.45, 2.75) is 17.4 Å². The third-order valence-electron chi connectivity index (χ3n) is 3.71. The molecule has 0 bridgehead atoms. The van der Waals surface area contributed by atoms with Gasteiger partial charge in [-0.05, 0) is 42.8 Å². The van der Waals surface area contributed by atoms with Crippen molar-refractivity contribution in [1.82, 2.24) is 10.2 Å². The molecule has 2 amide bonds. The topological polar surface area (TPSA) is 84.0 Å². The number of anilines is 2. The molecular formula is C19H15F3N4O2S2. The molecule has 0 spiro atoms. The highest BCUT2D eigenvalue weighted by Crippen LogP contribution is 2.30. The summed E-state index contributed by atoms with van der Waals surface area (Å²) in [6.45, 7) is 1.92. The Labute approximate surface area is 177 Å². The summed E-state index contributed by atoms with van der Waals surface area (Å²) in [5.74, 6) is -0.870. The lowest BCUT2D eigenvalue weighted by molar-refractivity contribution is -0.137. The second kappa shape index (κ2) is 9.26. The van der Waals surface area contributed by atoms with Gasteiger partial charge in [-0.25, -0.2) is 0 Å². The number of carbonyl (C=O) groups is 2. The van der Waals surface area contributed by atoms with Crippen LogP contribution in [0, 0.1) is 6.92 Å². The molecule has 0 aliphatic rings. The minimum absolute atomic E-state index is 0.0874. The number of hydrogen-bond acceptors (Lipinski definition) is 6. The number of amides is 2. The Bertz CT molecular complexity index is 1070. The molecule has 1 aromatic heterocycles. The summed E-state index contributed by atoms with van der Waals surface area (Å²) < 4.78 is 38.8. The van der Waals surface area contributed by atoms with Crippen molar-refractivity contribution in [2.24, 2.45) is 0 Å². The van der Waals surface area contributed by atoms with Crippen LogP contribution in [0.1, 0.15) is 21.5 Å². The molecule has 0 atom stereocenters. The summed E-state index contributed by atoms with van der Waals surface area (Å²) in [7, 11) is 0. The zero-order valence-electron chi connectivity index (χ0n) is 15.5. The van der Waals surface area contributed by atoms with Gasteiger partial charge < -0.3 is 5.32 Å². The van der Waals surface area contributed by atoms with E-state index in [0.29, 0.717) is 10.0 Å². The highest BCUT2D eigenvalue weighted by molar-refractivity contribution is 8.01. The number of nitrogens with zero attached hydrogens (tertiary/aromatic N) is 2. The van der Waals surface area contributed by atoms with Gasteiger partial charge in [-0.15, -0.1) is 10.2 Å². The van der Waals surface area contributed by atoms with Crippen LogP contribution >= 0.6 is 23.1 Å². The van der Waals surface area contributed by atoms with Crippen LogP contribution in [0.3, 0.4) is 0 Å². The molecule has 3 rings (SSSR count). The number of aromatic nitrogens is 2. The van der Waals surface area contributed by atoms with Gasteiger partial charge in [0.05, 0.1) is 11.3 Å². The summed E-state index contributed by atoms with van der Waals surface area (Å²) in [6.07, 6.45) is -4.54. The van der Waals surface area contributed by atoms with Crippen LogP contribution in [0.25, 0.3) is 0 Å². The number of aryl methyl sites for hydroxylation is 1. The molecule has 0 radical (unpaired) electrons. The third-order valence-corrected chi connectivity index (χ3v) is 5.68. The van der Waals surface area contributed by atoms with Crippen molar-refractivity contribution < 1.29 is 22.8 Å². The molecule has 156 valence electrons. The average molecular weight is 452 g/mol. The molecule has 3 aromatic rings. The predicted octanol–water partition coefficient (Wildman–Crippen LogP) is 4.85. The molecule has 0 aliphatic carbocycles. The SMILES string of the molecule is Cc1cccc(NC(=O)CSc2nnc(NC(=O)c3cccc(C(F)(F)F)c3)s2)c1. The maximum atomic E-state index is 12.8. The molecule has 1 heterocycles. The fourth-order valence-corrected chi connectivity index (χ4v) is 3.92. The first-order chi connectivity index (χ1) is 14.2. The van der Waals surface area contributed by atoms with Gasteiger partial charge in [0.1, 0.15) is 0 Å². The van der Waals surface area contributed by atoms with Crippen LogP contribution in [0.5, 0.6) is 0 Å². The van der Waals surface area contributed by atoms with Crippen molar-refractivity contribution in [3.8, 4) is 0 Å². The zero-order valence-corrected chi connectivity index (χ0v) is 17.1. The lowest BCUT2D eigenvalue weighted by Crippen LogP contribution is -2.13. The predicted molar refractivity (Wildman–Crippen MR) is 110 cm³/mol. The van der Waals surface area contributed by atoms with Gasteiger partial charge in [-0.2, -0.15) is 13.2 Å². The minimum Gasteiger partial charge on any atom is -0.325 e. The molecule has 0 unspecified atom stereocenters. The molecule has 2 N–H and O–H groups in total. The van der Waals surface area contributed by atoms with Gasteiger partial charge in [-0.3, -0.25) is 14.9 Å². The lowest BCUT2D eigenvalue weighted by Gasteiger charge is -2.08. The van der Waals surface area contributed by atoms with Gasteiger partial charge in [0.25, 0.3) is 5.91 Å². The number of carbonyl (C=O) groups excluding carboxylic acids is 2. The number of hydrogen-bond donors (Lipinski definition) is 2. The number of rotatable bonds is 6. The Morgan fingerprint density at radius 2 is 1.83 bits per heavy atom. The third kappa shape index (κ3) is 6.04. The van der Waals surface area contributed by atoms with Crippen LogP contribution in [0.4, 0.5) is 24.0 Å². The number of benzene rings is 2. The van der Waals surface area contributed by atoms with E-state index < -0.39 is 17.6 Å². The van der Waals surface area contributed by atoms with Gasteiger partial charge in [0.2, 0.25) is 11.0 Å². The van der Waals surface area contributed by atoms with Crippen LogP contribution in [0.2, 0.25) is 0 Å². The van der Waals surface area contributed by atoms with Gasteiger partial charge in [-0.1, -0.05) is 41.3 Å². The van der Waals surface area contributed by atoms with E-state index in [1.807, 2.05) is 25.1 Å². The molecule has 30 heavy (non-hydrogen) atoms. The maximum Gasteiger partial charge on any atom is 0.416 e. The van der Waals surface area contributed by atoms with E-state index in [4.69, 9.17) is 0 Å². The maximum absolute atomic E-state index is 12.8. The molecule has 0 fully saturated rings. The Morgan fingerprint density at radius 1 is 1.07 bits per heavy atom. The second-order valence-electron chi connectivity index (χ2n) is 6.11. The number of thioether (sulfide) groups is 1. The number of halogens is 3. The monoisotopic (exact) mass is 452 g/mol. The molecule has 6 nitrogen and oxygen atoms in total. The first-order valence-corrected chi connectivity index (χ1v) is 10.3. The fourth-order valence-electron chi connectivity index (χ4n) is 2.37. The quantitative estimate of drug-likeness (QED) is 0.413. The van der Waals surface area contributed by atoms with E-state index in [-0.39, 0.29) is 22.4 Å². The normalized spacial score (nSPS) is 11.2. The Hall–Kier alpha value is -2.92. The summed E-state index contributed by atoms with van der Waals surface area (Å²) in [5, 5.41) is 13.0. The smallest absolute Gasteiger partial charge is 0.325 e. The summed E-state index contributed by atoms with van der Waals surface area (Å²) >= 11 is 2.16. The number of nitrogens with one attached hydrogen (secondary N) is 2. The standard InChI is InChI=1S/C19H15F3N4O2S2/c1-11-4-2-7-14(8-11)23-15(27)10-29-18-26-25-17(30-18)24-16(28)12-5-3-6-13(9-12)19(20,21)22/h2-9H,10H2,1H3,(H,23,27)(H,24,25,28). The van der Waals surface area contributed by atoms with E-state index in [9.17, 15) is 22.8 Å². The van der Waals surface area contributed by atoms with Crippen LogP contribution < -0.4 is 10.6 Å². The minimum atomic E-state index is -4.54. The largest absolute Gasteiger partial charge is 0.416 e.